The van der Waals surface area contributed by atoms with Gasteiger partial charge in [-0.1, -0.05) is 0 Å². The Hall–Kier alpha value is -1.65. The normalized spacial score (nSPS) is 17.2. The first-order chi connectivity index (χ1) is 12.8. The van der Waals surface area contributed by atoms with Gasteiger partial charge in [-0.15, -0.1) is 0 Å². The second-order valence-electron chi connectivity index (χ2n) is 7.74. The SMILES string of the molecule is CCNc1nc2cc(CCCCN3CCCC3)c(C)cc2c2c1COC2. The Balaban J connectivity index is 1.52. The first kappa shape index (κ1) is 17.7. The highest BCUT2D eigenvalue weighted by molar-refractivity contribution is 5.87. The van der Waals surface area contributed by atoms with Crippen LogP contribution in [-0.2, 0) is 24.4 Å². The highest BCUT2D eigenvalue weighted by atomic mass is 16.5. The van der Waals surface area contributed by atoms with Gasteiger partial charge in [0.25, 0.3) is 0 Å². The minimum absolute atomic E-state index is 0.678. The van der Waals surface area contributed by atoms with Crippen molar-refractivity contribution in [3.8, 4) is 0 Å². The van der Waals surface area contributed by atoms with Crippen LogP contribution in [0.2, 0.25) is 0 Å². The van der Waals surface area contributed by atoms with E-state index in [1.54, 1.807) is 0 Å². The number of pyridine rings is 1. The second kappa shape index (κ2) is 7.93. The second-order valence-corrected chi connectivity index (χ2v) is 7.74. The molecular formula is C22H31N3O. The van der Waals surface area contributed by atoms with Crippen molar-refractivity contribution >= 4 is 16.7 Å². The van der Waals surface area contributed by atoms with Crippen LogP contribution in [-0.4, -0.2) is 36.1 Å². The number of rotatable bonds is 7. The fourth-order valence-corrected chi connectivity index (χ4v) is 4.38. The molecule has 0 atom stereocenters. The van der Waals surface area contributed by atoms with Gasteiger partial charge in [0.05, 0.1) is 18.7 Å². The van der Waals surface area contributed by atoms with Crippen LogP contribution in [0.5, 0.6) is 0 Å². The zero-order chi connectivity index (χ0) is 17.9. The highest BCUT2D eigenvalue weighted by Crippen LogP contribution is 2.34. The molecule has 2 aromatic rings. The molecule has 0 radical (unpaired) electrons. The van der Waals surface area contributed by atoms with E-state index in [-0.39, 0.29) is 0 Å². The van der Waals surface area contributed by atoms with Gasteiger partial charge in [-0.3, -0.25) is 0 Å². The number of hydrogen-bond acceptors (Lipinski definition) is 4. The maximum Gasteiger partial charge on any atom is 0.132 e. The van der Waals surface area contributed by atoms with E-state index in [1.165, 1.54) is 73.0 Å². The molecule has 1 fully saturated rings. The lowest BCUT2D eigenvalue weighted by atomic mass is 9.97. The van der Waals surface area contributed by atoms with E-state index in [9.17, 15) is 0 Å². The minimum Gasteiger partial charge on any atom is -0.372 e. The van der Waals surface area contributed by atoms with E-state index >= 15 is 0 Å². The van der Waals surface area contributed by atoms with Gasteiger partial charge < -0.3 is 15.0 Å². The maximum atomic E-state index is 5.72. The van der Waals surface area contributed by atoms with Gasteiger partial charge in [0, 0.05) is 17.5 Å². The van der Waals surface area contributed by atoms with Crippen LogP contribution in [0, 0.1) is 6.92 Å². The summed E-state index contributed by atoms with van der Waals surface area (Å²) in [5.74, 6) is 1.01. The fourth-order valence-electron chi connectivity index (χ4n) is 4.38. The predicted molar refractivity (Wildman–Crippen MR) is 108 cm³/mol. The van der Waals surface area contributed by atoms with Gasteiger partial charge in [-0.05, 0) is 94.4 Å². The molecule has 4 heteroatoms. The Morgan fingerprint density at radius 1 is 1.12 bits per heavy atom. The number of likely N-dealkylation sites (tertiary alicyclic amines) is 1. The average molecular weight is 354 g/mol. The van der Waals surface area contributed by atoms with Crippen LogP contribution in [0.1, 0.15) is 54.9 Å². The van der Waals surface area contributed by atoms with Gasteiger partial charge >= 0.3 is 0 Å². The Morgan fingerprint density at radius 2 is 1.92 bits per heavy atom. The number of fused-ring (bicyclic) bond motifs is 3. The summed E-state index contributed by atoms with van der Waals surface area (Å²) in [5.41, 5.74) is 6.54. The Morgan fingerprint density at radius 3 is 2.73 bits per heavy atom. The van der Waals surface area contributed by atoms with Crippen LogP contribution < -0.4 is 5.32 Å². The van der Waals surface area contributed by atoms with Crippen molar-refractivity contribution in [2.45, 2.75) is 59.2 Å². The number of anilines is 1. The number of aromatic nitrogens is 1. The molecule has 26 heavy (non-hydrogen) atoms. The first-order valence-corrected chi connectivity index (χ1v) is 10.2. The molecule has 1 aromatic heterocycles. The van der Waals surface area contributed by atoms with Crippen molar-refractivity contribution in [2.75, 3.05) is 31.5 Å². The molecule has 0 saturated carbocycles. The lowest BCUT2D eigenvalue weighted by molar-refractivity contribution is 0.135. The lowest BCUT2D eigenvalue weighted by Crippen LogP contribution is -2.20. The van der Waals surface area contributed by atoms with Crippen molar-refractivity contribution in [2.24, 2.45) is 0 Å². The number of benzene rings is 1. The summed E-state index contributed by atoms with van der Waals surface area (Å²) < 4.78 is 5.72. The molecular weight excluding hydrogens is 322 g/mol. The number of hydrogen-bond donors (Lipinski definition) is 1. The van der Waals surface area contributed by atoms with Gasteiger partial charge in [0.1, 0.15) is 5.82 Å². The quantitative estimate of drug-likeness (QED) is 0.748. The van der Waals surface area contributed by atoms with Gasteiger partial charge in [0.2, 0.25) is 0 Å². The molecule has 0 amide bonds. The average Bonchev–Trinajstić information content (AvgIpc) is 3.32. The third kappa shape index (κ3) is 3.58. The summed E-state index contributed by atoms with van der Waals surface area (Å²) in [4.78, 5) is 7.54. The topological polar surface area (TPSA) is 37.4 Å². The van der Waals surface area contributed by atoms with E-state index in [0.29, 0.717) is 13.2 Å². The largest absolute Gasteiger partial charge is 0.372 e. The number of unbranched alkanes of at least 4 members (excludes halogenated alkanes) is 1. The maximum absolute atomic E-state index is 5.72. The van der Waals surface area contributed by atoms with E-state index < -0.39 is 0 Å². The Bertz CT molecular complexity index is 781. The lowest BCUT2D eigenvalue weighted by Gasteiger charge is -2.15. The summed E-state index contributed by atoms with van der Waals surface area (Å²) in [6.07, 6.45) is 6.49. The van der Waals surface area contributed by atoms with Crippen LogP contribution in [0.3, 0.4) is 0 Å². The summed E-state index contributed by atoms with van der Waals surface area (Å²) >= 11 is 0. The first-order valence-electron chi connectivity index (χ1n) is 10.2. The zero-order valence-electron chi connectivity index (χ0n) is 16.2. The summed E-state index contributed by atoms with van der Waals surface area (Å²) in [7, 11) is 0. The fraction of sp³-hybridized carbons (Fsp3) is 0.591. The number of aryl methyl sites for hydroxylation is 2. The highest BCUT2D eigenvalue weighted by Gasteiger charge is 2.21. The Kier molecular flexibility index (Phi) is 5.41. The number of nitrogens with zero attached hydrogens (tertiary/aromatic N) is 2. The standard InChI is InChI=1S/C22H31N3O/c1-3-23-22-20-15-26-14-19(20)18-12-16(2)17(13-21(18)24-22)8-4-5-9-25-10-6-7-11-25/h12-13H,3-11,14-15H2,1-2H3,(H,23,24). The smallest absolute Gasteiger partial charge is 0.132 e. The third-order valence-corrected chi connectivity index (χ3v) is 5.87. The van der Waals surface area contributed by atoms with E-state index in [0.717, 1.165) is 24.3 Å². The van der Waals surface area contributed by atoms with Crippen LogP contribution in [0.15, 0.2) is 12.1 Å². The minimum atomic E-state index is 0.678. The Labute approximate surface area is 156 Å². The molecule has 140 valence electrons. The van der Waals surface area contributed by atoms with E-state index in [1.807, 2.05) is 0 Å². The van der Waals surface area contributed by atoms with E-state index in [4.69, 9.17) is 9.72 Å². The summed E-state index contributed by atoms with van der Waals surface area (Å²) in [6, 6.07) is 4.65. The van der Waals surface area contributed by atoms with Crippen molar-refractivity contribution in [1.82, 2.24) is 9.88 Å². The molecule has 1 aromatic carbocycles. The molecule has 0 bridgehead atoms. The molecule has 2 aliphatic rings. The predicted octanol–water partition coefficient (Wildman–Crippen LogP) is 4.42. The molecule has 2 aliphatic heterocycles. The van der Waals surface area contributed by atoms with Crippen molar-refractivity contribution in [1.29, 1.82) is 0 Å². The van der Waals surface area contributed by atoms with Crippen LogP contribution in [0.4, 0.5) is 5.82 Å². The molecule has 4 rings (SSSR count). The summed E-state index contributed by atoms with van der Waals surface area (Å²) in [6.45, 7) is 10.5. The van der Waals surface area contributed by atoms with Gasteiger partial charge in [-0.25, -0.2) is 4.98 Å². The third-order valence-electron chi connectivity index (χ3n) is 5.87. The monoisotopic (exact) mass is 353 g/mol. The summed E-state index contributed by atoms with van der Waals surface area (Å²) in [5, 5.41) is 4.70. The number of nitrogens with one attached hydrogen (secondary N) is 1. The molecule has 1 saturated heterocycles. The van der Waals surface area contributed by atoms with Crippen LogP contribution in [0.25, 0.3) is 10.9 Å². The van der Waals surface area contributed by atoms with Crippen molar-refractivity contribution in [3.63, 3.8) is 0 Å². The molecule has 0 aliphatic carbocycles. The molecule has 3 heterocycles. The van der Waals surface area contributed by atoms with Crippen molar-refractivity contribution < 1.29 is 4.74 Å². The molecule has 1 N–H and O–H groups in total. The molecule has 0 unspecified atom stereocenters. The van der Waals surface area contributed by atoms with Crippen LogP contribution >= 0.6 is 0 Å². The van der Waals surface area contributed by atoms with Gasteiger partial charge in [-0.2, -0.15) is 0 Å². The zero-order valence-corrected chi connectivity index (χ0v) is 16.2. The van der Waals surface area contributed by atoms with Gasteiger partial charge in [0.15, 0.2) is 0 Å². The number of ether oxygens (including phenoxy) is 1. The van der Waals surface area contributed by atoms with Crippen molar-refractivity contribution in [3.05, 3.63) is 34.4 Å². The molecule has 4 nitrogen and oxygen atoms in total. The van der Waals surface area contributed by atoms with E-state index in [2.05, 4.69) is 36.2 Å². The molecule has 0 spiro atoms.